The van der Waals surface area contributed by atoms with Gasteiger partial charge >= 0.3 is 0 Å². The number of benzene rings is 2. The first-order chi connectivity index (χ1) is 15.0. The monoisotopic (exact) mass is 442 g/mol. The summed E-state index contributed by atoms with van der Waals surface area (Å²) in [7, 11) is -1.69. The number of rotatable bonds is 6. The molecule has 0 saturated carbocycles. The number of sulfonamides is 1. The molecule has 1 N–H and O–H groups in total. The fourth-order valence-electron chi connectivity index (χ4n) is 3.30. The summed E-state index contributed by atoms with van der Waals surface area (Å²) in [6.07, 6.45) is 1.50. The molecule has 31 heavy (non-hydrogen) atoms. The van der Waals surface area contributed by atoms with E-state index >= 15 is 0 Å². The first-order valence-corrected chi connectivity index (χ1v) is 11.4. The topological polar surface area (TPSA) is 115 Å². The van der Waals surface area contributed by atoms with Crippen molar-refractivity contribution < 1.29 is 22.5 Å². The molecule has 1 aromatic heterocycles. The fraction of sp³-hybridized carbons (Fsp3) is 0.286. The zero-order chi connectivity index (χ0) is 21.8. The van der Waals surface area contributed by atoms with Crippen LogP contribution in [0.4, 0.5) is 5.69 Å². The average Bonchev–Trinajstić information content (AvgIpc) is 3.26. The molecular weight excluding hydrogens is 420 g/mol. The lowest BCUT2D eigenvalue weighted by Gasteiger charge is -2.28. The van der Waals surface area contributed by atoms with Crippen LogP contribution in [0.25, 0.3) is 11.4 Å². The molecule has 1 fully saturated rings. The summed E-state index contributed by atoms with van der Waals surface area (Å²) >= 11 is 0. The van der Waals surface area contributed by atoms with Crippen molar-refractivity contribution in [3.8, 4) is 17.1 Å². The van der Waals surface area contributed by atoms with Crippen LogP contribution in [-0.2, 0) is 16.6 Å². The lowest BCUT2D eigenvalue weighted by atomic mass is 10.2. The molecule has 0 aliphatic carbocycles. The van der Waals surface area contributed by atoms with E-state index in [0.717, 1.165) is 17.7 Å². The van der Waals surface area contributed by atoms with Crippen molar-refractivity contribution in [2.75, 3.05) is 23.7 Å². The Morgan fingerprint density at radius 3 is 2.55 bits per heavy atom. The van der Waals surface area contributed by atoms with Gasteiger partial charge in [-0.1, -0.05) is 5.16 Å². The highest BCUT2D eigenvalue weighted by Crippen LogP contribution is 2.24. The Balaban J connectivity index is 1.37. The van der Waals surface area contributed by atoms with Gasteiger partial charge in [-0.05, 0) is 61.4 Å². The molecule has 9 nitrogen and oxygen atoms in total. The van der Waals surface area contributed by atoms with Crippen LogP contribution in [-0.4, -0.2) is 43.9 Å². The molecule has 0 spiro atoms. The van der Waals surface area contributed by atoms with E-state index in [4.69, 9.17) is 9.26 Å². The van der Waals surface area contributed by atoms with Crippen LogP contribution < -0.4 is 14.4 Å². The van der Waals surface area contributed by atoms with Crippen LogP contribution in [0.2, 0.25) is 0 Å². The molecule has 0 bridgehead atoms. The van der Waals surface area contributed by atoms with Crippen LogP contribution in [0, 0.1) is 0 Å². The molecule has 2 aromatic carbocycles. The number of methoxy groups -OCH3 is 1. The Kier molecular flexibility index (Phi) is 5.90. The Hall–Kier alpha value is -3.40. The minimum Gasteiger partial charge on any atom is -0.497 e. The van der Waals surface area contributed by atoms with Gasteiger partial charge in [0.05, 0.1) is 25.1 Å². The zero-order valence-corrected chi connectivity index (χ0v) is 17.8. The van der Waals surface area contributed by atoms with E-state index in [1.807, 2.05) is 12.1 Å². The standard InChI is InChI=1S/C21H22N4O5S/c1-29-18-10-6-15(7-11-18)20-23-19(30-24-20)14-22-21(26)16-4-8-17(9-5-16)25-12-2-3-13-31(25,27)28/h4-11H,2-3,12-14H2,1H3,(H,22,26). The van der Waals surface area contributed by atoms with Crippen molar-refractivity contribution in [2.24, 2.45) is 0 Å². The highest BCUT2D eigenvalue weighted by molar-refractivity contribution is 7.92. The van der Waals surface area contributed by atoms with Gasteiger partial charge in [0, 0.05) is 17.7 Å². The zero-order valence-electron chi connectivity index (χ0n) is 16.9. The third kappa shape index (κ3) is 4.69. The SMILES string of the molecule is COc1ccc(-c2noc(CNC(=O)c3ccc(N4CCCCS4(=O)=O)cc3)n2)cc1. The summed E-state index contributed by atoms with van der Waals surface area (Å²) in [4.78, 5) is 16.7. The average molecular weight is 442 g/mol. The molecule has 162 valence electrons. The largest absolute Gasteiger partial charge is 0.497 e. The molecule has 2 heterocycles. The number of amides is 1. The van der Waals surface area contributed by atoms with Crippen LogP contribution >= 0.6 is 0 Å². The summed E-state index contributed by atoms with van der Waals surface area (Å²) < 4.78 is 36.2. The molecule has 1 amide bonds. The summed E-state index contributed by atoms with van der Waals surface area (Å²) in [5.41, 5.74) is 1.75. The number of aromatic nitrogens is 2. The van der Waals surface area contributed by atoms with Crippen LogP contribution in [0.15, 0.2) is 53.1 Å². The van der Waals surface area contributed by atoms with Gasteiger partial charge in [-0.25, -0.2) is 8.42 Å². The normalized spacial score (nSPS) is 15.5. The van der Waals surface area contributed by atoms with Gasteiger partial charge in [0.25, 0.3) is 5.91 Å². The van der Waals surface area contributed by atoms with Crippen molar-refractivity contribution in [3.05, 3.63) is 60.0 Å². The number of carbonyl (C=O) groups excluding carboxylic acids is 1. The molecule has 1 saturated heterocycles. The number of nitrogens with one attached hydrogen (secondary N) is 1. The molecule has 10 heteroatoms. The number of hydrogen-bond acceptors (Lipinski definition) is 7. The lowest BCUT2D eigenvalue weighted by Crippen LogP contribution is -2.37. The second-order valence-corrected chi connectivity index (χ2v) is 9.08. The van der Waals surface area contributed by atoms with Gasteiger partial charge in [0.2, 0.25) is 21.7 Å². The van der Waals surface area contributed by atoms with Crippen LogP contribution in [0.3, 0.4) is 0 Å². The van der Waals surface area contributed by atoms with E-state index in [9.17, 15) is 13.2 Å². The number of ether oxygens (including phenoxy) is 1. The maximum absolute atomic E-state index is 12.4. The van der Waals surface area contributed by atoms with Crippen molar-refractivity contribution >= 4 is 21.6 Å². The van der Waals surface area contributed by atoms with Crippen LogP contribution in [0.1, 0.15) is 29.1 Å². The molecule has 1 aliphatic heterocycles. The quantitative estimate of drug-likeness (QED) is 0.624. The van der Waals surface area contributed by atoms with Gasteiger partial charge in [-0.3, -0.25) is 9.10 Å². The van der Waals surface area contributed by atoms with E-state index in [0.29, 0.717) is 30.0 Å². The van der Waals surface area contributed by atoms with Gasteiger partial charge < -0.3 is 14.6 Å². The second-order valence-electron chi connectivity index (χ2n) is 7.07. The maximum Gasteiger partial charge on any atom is 0.251 e. The third-order valence-corrected chi connectivity index (χ3v) is 6.85. The molecule has 4 rings (SSSR count). The van der Waals surface area contributed by atoms with Crippen molar-refractivity contribution in [2.45, 2.75) is 19.4 Å². The van der Waals surface area contributed by atoms with Gasteiger partial charge in [-0.15, -0.1) is 0 Å². The third-order valence-electron chi connectivity index (χ3n) is 4.98. The number of nitrogens with zero attached hydrogens (tertiary/aromatic N) is 3. The first kappa shape index (κ1) is 20.9. The Morgan fingerprint density at radius 1 is 1.13 bits per heavy atom. The first-order valence-electron chi connectivity index (χ1n) is 9.82. The second kappa shape index (κ2) is 8.76. The van der Waals surface area contributed by atoms with Crippen molar-refractivity contribution in [3.63, 3.8) is 0 Å². The number of hydrogen-bond donors (Lipinski definition) is 1. The van der Waals surface area contributed by atoms with Crippen LogP contribution in [0.5, 0.6) is 5.75 Å². The van der Waals surface area contributed by atoms with Gasteiger partial charge in [0.15, 0.2) is 0 Å². The number of carbonyl (C=O) groups is 1. The summed E-state index contributed by atoms with van der Waals surface area (Å²) in [5.74, 6) is 1.24. The highest BCUT2D eigenvalue weighted by Gasteiger charge is 2.26. The fourth-order valence-corrected chi connectivity index (χ4v) is 4.94. The smallest absolute Gasteiger partial charge is 0.251 e. The Labute approximate surface area is 180 Å². The molecule has 1 aliphatic rings. The minimum atomic E-state index is -3.28. The minimum absolute atomic E-state index is 0.0737. The predicted molar refractivity (Wildman–Crippen MR) is 114 cm³/mol. The summed E-state index contributed by atoms with van der Waals surface area (Å²) in [5, 5.41) is 6.66. The van der Waals surface area contributed by atoms with E-state index in [2.05, 4.69) is 15.5 Å². The molecule has 0 unspecified atom stereocenters. The molecular formula is C21H22N4O5S. The molecule has 3 aromatic rings. The Morgan fingerprint density at radius 2 is 1.87 bits per heavy atom. The maximum atomic E-state index is 12.4. The number of anilines is 1. The molecule has 0 radical (unpaired) electrons. The van der Waals surface area contributed by atoms with Crippen molar-refractivity contribution in [1.29, 1.82) is 0 Å². The van der Waals surface area contributed by atoms with E-state index in [1.165, 1.54) is 4.31 Å². The van der Waals surface area contributed by atoms with E-state index in [1.54, 1.807) is 43.5 Å². The van der Waals surface area contributed by atoms with E-state index < -0.39 is 10.0 Å². The van der Waals surface area contributed by atoms with Gasteiger partial charge in [0.1, 0.15) is 5.75 Å². The summed E-state index contributed by atoms with van der Waals surface area (Å²) in [6, 6.07) is 13.7. The Bertz CT molecular complexity index is 1160. The highest BCUT2D eigenvalue weighted by atomic mass is 32.2. The van der Waals surface area contributed by atoms with Crippen molar-refractivity contribution in [1.82, 2.24) is 15.5 Å². The van der Waals surface area contributed by atoms with E-state index in [-0.39, 0.29) is 24.1 Å². The summed E-state index contributed by atoms with van der Waals surface area (Å²) in [6.45, 7) is 0.534. The van der Waals surface area contributed by atoms with Gasteiger partial charge in [-0.2, -0.15) is 4.98 Å². The molecule has 0 atom stereocenters. The lowest BCUT2D eigenvalue weighted by molar-refractivity contribution is 0.0946. The predicted octanol–water partition coefficient (Wildman–Crippen LogP) is 2.61.